The summed E-state index contributed by atoms with van der Waals surface area (Å²) in [5.74, 6) is 3.01. The number of benzene rings is 2. The van der Waals surface area contributed by atoms with E-state index >= 15 is 0 Å². The van der Waals surface area contributed by atoms with Gasteiger partial charge in [-0.05, 0) is 43.2 Å². The van der Waals surface area contributed by atoms with Crippen LogP contribution >= 0.6 is 0 Å². The topological polar surface area (TPSA) is 73.6 Å². The fraction of sp³-hybridized carbons (Fsp3) is 0.250. The molecule has 27 heavy (non-hydrogen) atoms. The summed E-state index contributed by atoms with van der Waals surface area (Å²) >= 11 is 0. The minimum Gasteiger partial charge on any atom is -0.493 e. The van der Waals surface area contributed by atoms with Gasteiger partial charge < -0.3 is 14.8 Å². The van der Waals surface area contributed by atoms with Crippen molar-refractivity contribution in [1.82, 2.24) is 19.6 Å². The molecule has 0 aliphatic rings. The number of hydrogen-bond acceptors (Lipinski definition) is 6. The highest BCUT2D eigenvalue weighted by Crippen LogP contribution is 2.28. The zero-order valence-corrected chi connectivity index (χ0v) is 15.6. The van der Waals surface area contributed by atoms with Crippen LogP contribution < -0.4 is 14.8 Å². The second kappa shape index (κ2) is 7.11. The zero-order valence-electron chi connectivity index (χ0n) is 15.6. The van der Waals surface area contributed by atoms with Gasteiger partial charge in [-0.3, -0.25) is 0 Å². The second-order valence-corrected chi connectivity index (χ2v) is 6.22. The average molecular weight is 363 g/mol. The third-order valence-electron chi connectivity index (χ3n) is 4.55. The zero-order chi connectivity index (χ0) is 18.8. The lowest BCUT2D eigenvalue weighted by Crippen LogP contribution is -2.11. The lowest BCUT2D eigenvalue weighted by Gasteiger charge is -2.12. The molecule has 2 aromatic carbocycles. The molecule has 0 amide bonds. The van der Waals surface area contributed by atoms with E-state index in [-0.39, 0.29) is 0 Å². The van der Waals surface area contributed by atoms with Crippen molar-refractivity contribution in [3.05, 3.63) is 53.9 Å². The number of ether oxygens (including phenoxy) is 2. The van der Waals surface area contributed by atoms with Gasteiger partial charge in [0, 0.05) is 11.9 Å². The van der Waals surface area contributed by atoms with Crippen molar-refractivity contribution >= 4 is 22.5 Å². The fourth-order valence-corrected chi connectivity index (χ4v) is 3.19. The number of anilines is 1. The van der Waals surface area contributed by atoms with Gasteiger partial charge in [0.1, 0.15) is 5.82 Å². The maximum atomic E-state index is 5.37. The molecule has 0 unspecified atom stereocenters. The Morgan fingerprint density at radius 1 is 1.00 bits per heavy atom. The van der Waals surface area contributed by atoms with Gasteiger partial charge in [-0.2, -0.15) is 0 Å². The van der Waals surface area contributed by atoms with E-state index in [0.717, 1.165) is 51.8 Å². The number of aryl methyl sites for hydroxylation is 1. The number of nitrogens with one attached hydrogen (secondary N) is 1. The molecule has 0 aliphatic heterocycles. The lowest BCUT2D eigenvalue weighted by molar-refractivity contribution is 0.354. The van der Waals surface area contributed by atoms with Crippen LogP contribution in [0.3, 0.4) is 0 Å². The first-order chi connectivity index (χ1) is 13.2. The molecule has 7 heteroatoms. The Morgan fingerprint density at radius 2 is 1.81 bits per heavy atom. The molecule has 0 atom stereocenters. The highest BCUT2D eigenvalue weighted by molar-refractivity contribution is 5.92. The molecule has 4 rings (SSSR count). The molecule has 0 saturated carbocycles. The van der Waals surface area contributed by atoms with Crippen LogP contribution in [0.25, 0.3) is 16.6 Å². The largest absolute Gasteiger partial charge is 0.493 e. The molecule has 7 nitrogen and oxygen atoms in total. The van der Waals surface area contributed by atoms with Gasteiger partial charge in [-0.25, -0.2) is 9.38 Å². The Balaban J connectivity index is 1.59. The summed E-state index contributed by atoms with van der Waals surface area (Å²) in [6, 6.07) is 13.9. The SMILES string of the molecule is COc1ccc(CCNc2nc3ccccc3c3nnc(C)n23)cc1OC. The Hall–Kier alpha value is -3.35. The van der Waals surface area contributed by atoms with Crippen LogP contribution in [-0.2, 0) is 6.42 Å². The summed E-state index contributed by atoms with van der Waals surface area (Å²) < 4.78 is 12.6. The van der Waals surface area contributed by atoms with Crippen LogP contribution in [0.15, 0.2) is 42.5 Å². The molecule has 0 radical (unpaired) electrons. The smallest absolute Gasteiger partial charge is 0.210 e. The van der Waals surface area contributed by atoms with Gasteiger partial charge in [0.25, 0.3) is 0 Å². The van der Waals surface area contributed by atoms with Gasteiger partial charge in [-0.15, -0.1) is 10.2 Å². The minimum atomic E-state index is 0.716. The van der Waals surface area contributed by atoms with Crippen LogP contribution in [0.5, 0.6) is 11.5 Å². The Kier molecular flexibility index (Phi) is 4.50. The summed E-state index contributed by atoms with van der Waals surface area (Å²) in [7, 11) is 3.28. The molecule has 138 valence electrons. The van der Waals surface area contributed by atoms with E-state index in [1.54, 1.807) is 14.2 Å². The minimum absolute atomic E-state index is 0.716. The normalized spacial score (nSPS) is 11.1. The highest BCUT2D eigenvalue weighted by Gasteiger charge is 2.12. The van der Waals surface area contributed by atoms with Crippen LogP contribution in [0.1, 0.15) is 11.4 Å². The maximum Gasteiger partial charge on any atom is 0.210 e. The summed E-state index contributed by atoms with van der Waals surface area (Å²) in [6.45, 7) is 2.64. The van der Waals surface area contributed by atoms with Crippen molar-refractivity contribution < 1.29 is 9.47 Å². The molecular weight excluding hydrogens is 342 g/mol. The predicted molar refractivity (Wildman–Crippen MR) is 105 cm³/mol. The first kappa shape index (κ1) is 17.1. The summed E-state index contributed by atoms with van der Waals surface area (Å²) in [5.41, 5.74) is 2.86. The number of nitrogens with zero attached hydrogens (tertiary/aromatic N) is 4. The van der Waals surface area contributed by atoms with E-state index in [9.17, 15) is 0 Å². The molecule has 2 aromatic heterocycles. The van der Waals surface area contributed by atoms with Crippen LogP contribution in [-0.4, -0.2) is 40.3 Å². The van der Waals surface area contributed by atoms with Crippen molar-refractivity contribution in [2.45, 2.75) is 13.3 Å². The average Bonchev–Trinajstić information content (AvgIpc) is 3.10. The van der Waals surface area contributed by atoms with Crippen LogP contribution in [0.2, 0.25) is 0 Å². The molecule has 4 aromatic rings. The molecule has 0 spiro atoms. The molecule has 0 bridgehead atoms. The number of hydrogen-bond donors (Lipinski definition) is 1. The molecular formula is C20H21N5O2. The van der Waals surface area contributed by atoms with Gasteiger partial charge >= 0.3 is 0 Å². The summed E-state index contributed by atoms with van der Waals surface area (Å²) in [5, 5.41) is 12.9. The van der Waals surface area contributed by atoms with Crippen molar-refractivity contribution in [2.75, 3.05) is 26.1 Å². The van der Waals surface area contributed by atoms with E-state index in [4.69, 9.17) is 14.5 Å². The van der Waals surface area contributed by atoms with Crippen LogP contribution in [0, 0.1) is 6.92 Å². The second-order valence-electron chi connectivity index (χ2n) is 6.22. The van der Waals surface area contributed by atoms with E-state index < -0.39 is 0 Å². The van der Waals surface area contributed by atoms with Crippen molar-refractivity contribution in [2.24, 2.45) is 0 Å². The first-order valence-corrected chi connectivity index (χ1v) is 8.76. The third-order valence-corrected chi connectivity index (χ3v) is 4.55. The van der Waals surface area contributed by atoms with E-state index in [1.165, 1.54) is 0 Å². The predicted octanol–water partition coefficient (Wildman–Crippen LogP) is 3.26. The maximum absolute atomic E-state index is 5.37. The van der Waals surface area contributed by atoms with Crippen LogP contribution in [0.4, 0.5) is 5.95 Å². The number of aromatic nitrogens is 4. The lowest BCUT2D eigenvalue weighted by atomic mass is 10.1. The van der Waals surface area contributed by atoms with Gasteiger partial charge in [0.2, 0.25) is 5.95 Å². The van der Waals surface area contributed by atoms with Crippen molar-refractivity contribution in [3.8, 4) is 11.5 Å². The highest BCUT2D eigenvalue weighted by atomic mass is 16.5. The fourth-order valence-electron chi connectivity index (χ4n) is 3.19. The molecule has 2 heterocycles. The van der Waals surface area contributed by atoms with E-state index in [1.807, 2.05) is 53.8 Å². The third kappa shape index (κ3) is 3.12. The van der Waals surface area contributed by atoms with Gasteiger partial charge in [0.05, 0.1) is 19.7 Å². The van der Waals surface area contributed by atoms with Crippen molar-refractivity contribution in [3.63, 3.8) is 0 Å². The summed E-state index contributed by atoms with van der Waals surface area (Å²) in [6.07, 6.45) is 0.817. The molecule has 0 saturated heterocycles. The quantitative estimate of drug-likeness (QED) is 0.567. The molecule has 0 fully saturated rings. The Labute approximate surface area is 157 Å². The number of methoxy groups -OCH3 is 2. The first-order valence-electron chi connectivity index (χ1n) is 8.76. The Bertz CT molecular complexity index is 1110. The van der Waals surface area contributed by atoms with E-state index in [0.29, 0.717) is 6.54 Å². The van der Waals surface area contributed by atoms with E-state index in [2.05, 4.69) is 15.5 Å². The standard InChI is InChI=1S/C20H21N5O2/c1-13-23-24-19-15-6-4-5-7-16(15)22-20(25(13)19)21-11-10-14-8-9-17(26-2)18(12-14)27-3/h4-9,12H,10-11H2,1-3H3,(H,21,22). The molecule has 0 aliphatic carbocycles. The summed E-state index contributed by atoms with van der Waals surface area (Å²) in [4.78, 5) is 4.76. The van der Waals surface area contributed by atoms with Gasteiger partial charge in [0.15, 0.2) is 17.1 Å². The monoisotopic (exact) mass is 363 g/mol. The van der Waals surface area contributed by atoms with Gasteiger partial charge in [-0.1, -0.05) is 18.2 Å². The molecule has 1 N–H and O–H groups in total. The number of fused-ring (bicyclic) bond motifs is 3. The van der Waals surface area contributed by atoms with Crippen molar-refractivity contribution in [1.29, 1.82) is 0 Å². The Morgan fingerprint density at radius 3 is 2.63 bits per heavy atom. The number of rotatable bonds is 6. The number of para-hydroxylation sites is 1.